The largest absolute Gasteiger partial charge is 0.443 e. The first-order valence-electron chi connectivity index (χ1n) is 9.12. The number of hydrogen-bond donors (Lipinski definition) is 0. The molecule has 0 spiro atoms. The minimum atomic E-state index is -0.146. The molecule has 1 saturated heterocycles. The molecular weight excluding hydrogens is 362 g/mol. The van der Waals surface area contributed by atoms with E-state index in [2.05, 4.69) is 9.97 Å². The van der Waals surface area contributed by atoms with Gasteiger partial charge in [-0.15, -0.1) is 0 Å². The molecule has 1 amide bonds. The molecule has 1 aromatic carbocycles. The summed E-state index contributed by atoms with van der Waals surface area (Å²) in [6.07, 6.45) is 6.91. The van der Waals surface area contributed by atoms with E-state index in [4.69, 9.17) is 16.0 Å². The third-order valence-electron chi connectivity index (χ3n) is 4.80. The van der Waals surface area contributed by atoms with Crippen LogP contribution < -0.4 is 0 Å². The highest BCUT2D eigenvalue weighted by Crippen LogP contribution is 2.32. The van der Waals surface area contributed by atoms with Gasteiger partial charge in [0.25, 0.3) is 5.91 Å². The summed E-state index contributed by atoms with van der Waals surface area (Å²) >= 11 is 5.94. The van der Waals surface area contributed by atoms with Gasteiger partial charge >= 0.3 is 0 Å². The number of benzene rings is 1. The van der Waals surface area contributed by atoms with Crippen molar-refractivity contribution < 1.29 is 9.21 Å². The van der Waals surface area contributed by atoms with Crippen molar-refractivity contribution in [3.05, 3.63) is 82.8 Å². The Bertz CT molecular complexity index is 909. The second kappa shape index (κ2) is 7.92. The van der Waals surface area contributed by atoms with E-state index in [9.17, 15) is 4.79 Å². The van der Waals surface area contributed by atoms with Crippen LogP contribution in [0.5, 0.6) is 0 Å². The summed E-state index contributed by atoms with van der Waals surface area (Å²) in [7, 11) is 0. The third-order valence-corrected chi connectivity index (χ3v) is 5.05. The van der Waals surface area contributed by atoms with Gasteiger partial charge in [-0.05, 0) is 49.1 Å². The summed E-state index contributed by atoms with van der Waals surface area (Å²) < 4.78 is 6.02. The van der Waals surface area contributed by atoms with Crippen molar-refractivity contribution in [2.75, 3.05) is 6.54 Å². The van der Waals surface area contributed by atoms with Gasteiger partial charge in [0.05, 0.1) is 6.20 Å². The smallest absolute Gasteiger partial charge is 0.273 e. The molecule has 0 bridgehead atoms. The molecule has 1 fully saturated rings. The van der Waals surface area contributed by atoms with Crippen LogP contribution in [0.25, 0.3) is 0 Å². The van der Waals surface area contributed by atoms with Gasteiger partial charge in [-0.2, -0.15) is 0 Å². The molecule has 5 nitrogen and oxygen atoms in total. The normalized spacial score (nSPS) is 17.1. The maximum atomic E-state index is 12.9. The molecular formula is C21H20ClN3O2. The van der Waals surface area contributed by atoms with Crippen molar-refractivity contribution in [2.24, 2.45) is 0 Å². The molecule has 4 rings (SSSR count). The van der Waals surface area contributed by atoms with E-state index < -0.39 is 0 Å². The number of nitrogens with zero attached hydrogens (tertiary/aromatic N) is 3. The molecule has 1 aliphatic heterocycles. The van der Waals surface area contributed by atoms with E-state index in [0.29, 0.717) is 29.6 Å². The Morgan fingerprint density at radius 1 is 1.15 bits per heavy atom. The average Bonchev–Trinajstić information content (AvgIpc) is 3.18. The lowest BCUT2D eigenvalue weighted by Gasteiger charge is -2.33. The number of halogens is 1. The number of pyridine rings is 1. The van der Waals surface area contributed by atoms with Crippen molar-refractivity contribution in [3.8, 4) is 0 Å². The molecule has 3 aromatic rings. The van der Waals surface area contributed by atoms with Crippen molar-refractivity contribution >= 4 is 17.5 Å². The van der Waals surface area contributed by atoms with E-state index in [1.54, 1.807) is 18.5 Å². The number of carbonyl (C=O) groups excluding carboxylic acids is 1. The van der Waals surface area contributed by atoms with Crippen molar-refractivity contribution in [1.82, 2.24) is 14.9 Å². The Morgan fingerprint density at radius 3 is 2.78 bits per heavy atom. The topological polar surface area (TPSA) is 59.2 Å². The third kappa shape index (κ3) is 4.03. The van der Waals surface area contributed by atoms with Crippen LogP contribution in [-0.2, 0) is 6.42 Å². The van der Waals surface area contributed by atoms with Crippen LogP contribution in [0.3, 0.4) is 0 Å². The Labute approximate surface area is 163 Å². The molecule has 0 saturated carbocycles. The van der Waals surface area contributed by atoms with Gasteiger partial charge in [0.1, 0.15) is 17.5 Å². The fourth-order valence-corrected chi connectivity index (χ4v) is 3.56. The molecule has 0 N–H and O–H groups in total. The lowest BCUT2D eigenvalue weighted by Crippen LogP contribution is -2.39. The number of hydrogen-bond acceptors (Lipinski definition) is 4. The summed E-state index contributed by atoms with van der Waals surface area (Å²) in [6.45, 7) is 0.689. The summed E-state index contributed by atoms with van der Waals surface area (Å²) in [4.78, 5) is 23.4. The number of likely N-dealkylation sites (tertiary alicyclic amines) is 1. The van der Waals surface area contributed by atoms with Crippen LogP contribution in [0.15, 0.2) is 59.3 Å². The lowest BCUT2D eigenvalue weighted by atomic mass is 10.0. The Kier molecular flexibility index (Phi) is 5.21. The minimum absolute atomic E-state index is 0.0715. The number of rotatable bonds is 4. The molecule has 138 valence electrons. The minimum Gasteiger partial charge on any atom is -0.443 e. The van der Waals surface area contributed by atoms with E-state index in [0.717, 1.165) is 30.6 Å². The summed E-state index contributed by atoms with van der Waals surface area (Å²) in [5, 5.41) is 0.711. The number of amides is 1. The average molecular weight is 382 g/mol. The number of oxazole rings is 1. The number of piperidine rings is 1. The van der Waals surface area contributed by atoms with E-state index in [1.807, 2.05) is 41.3 Å². The zero-order valence-corrected chi connectivity index (χ0v) is 15.6. The second-order valence-corrected chi connectivity index (χ2v) is 7.13. The molecule has 0 radical (unpaired) electrons. The highest BCUT2D eigenvalue weighted by molar-refractivity contribution is 6.30. The summed E-state index contributed by atoms with van der Waals surface area (Å²) in [5.74, 6) is 1.31. The predicted molar refractivity (Wildman–Crippen MR) is 103 cm³/mol. The van der Waals surface area contributed by atoms with Crippen molar-refractivity contribution in [3.63, 3.8) is 0 Å². The maximum absolute atomic E-state index is 12.9. The number of carbonyl (C=O) groups is 1. The molecule has 0 aliphatic carbocycles. The van der Waals surface area contributed by atoms with Gasteiger partial charge in [0, 0.05) is 24.2 Å². The van der Waals surface area contributed by atoms with Gasteiger partial charge in [0.2, 0.25) is 5.89 Å². The van der Waals surface area contributed by atoms with Gasteiger partial charge in [-0.25, -0.2) is 4.98 Å². The maximum Gasteiger partial charge on any atom is 0.273 e. The molecule has 3 heterocycles. The van der Waals surface area contributed by atoms with Gasteiger partial charge in [0.15, 0.2) is 0 Å². The predicted octanol–water partition coefficient (Wildman–Crippen LogP) is 4.68. The Balaban J connectivity index is 1.53. The zero-order valence-electron chi connectivity index (χ0n) is 14.8. The van der Waals surface area contributed by atoms with Crippen LogP contribution in [0.4, 0.5) is 0 Å². The molecule has 1 aliphatic rings. The van der Waals surface area contributed by atoms with Gasteiger partial charge in [-0.3, -0.25) is 9.78 Å². The molecule has 2 aromatic heterocycles. The van der Waals surface area contributed by atoms with Gasteiger partial charge < -0.3 is 9.32 Å². The van der Waals surface area contributed by atoms with Gasteiger partial charge in [-0.1, -0.05) is 29.8 Å². The van der Waals surface area contributed by atoms with E-state index in [1.165, 1.54) is 0 Å². The first kappa shape index (κ1) is 17.7. The van der Waals surface area contributed by atoms with E-state index in [-0.39, 0.29) is 11.9 Å². The SMILES string of the molecule is O=C(c1ccccn1)N1CCCC[C@H]1c1ncc(Cc2ccc(Cl)cc2)o1. The van der Waals surface area contributed by atoms with Crippen molar-refractivity contribution in [2.45, 2.75) is 31.7 Å². The van der Waals surface area contributed by atoms with Crippen LogP contribution in [0.1, 0.15) is 53.0 Å². The first-order valence-corrected chi connectivity index (χ1v) is 9.49. The monoisotopic (exact) mass is 381 g/mol. The molecule has 0 unspecified atom stereocenters. The Morgan fingerprint density at radius 2 is 2.00 bits per heavy atom. The molecule has 27 heavy (non-hydrogen) atoms. The summed E-state index contributed by atoms with van der Waals surface area (Å²) in [5.41, 5.74) is 1.56. The fourth-order valence-electron chi connectivity index (χ4n) is 3.43. The highest BCUT2D eigenvalue weighted by atomic mass is 35.5. The number of aromatic nitrogens is 2. The molecule has 6 heteroatoms. The highest BCUT2D eigenvalue weighted by Gasteiger charge is 2.32. The zero-order chi connectivity index (χ0) is 18.6. The summed E-state index contributed by atoms with van der Waals surface area (Å²) in [6, 6.07) is 12.9. The Hall–Kier alpha value is -2.66. The molecule has 1 atom stereocenters. The van der Waals surface area contributed by atoms with Crippen LogP contribution >= 0.6 is 11.6 Å². The van der Waals surface area contributed by atoms with E-state index >= 15 is 0 Å². The lowest BCUT2D eigenvalue weighted by molar-refractivity contribution is 0.0564. The quantitative estimate of drug-likeness (QED) is 0.658. The fraction of sp³-hybridized carbons (Fsp3) is 0.286. The standard InChI is InChI=1S/C21H20ClN3O2/c22-16-9-7-15(8-10-16)13-17-14-24-20(27-17)19-6-2-4-12-25(19)21(26)18-5-1-3-11-23-18/h1,3,5,7-11,14,19H,2,4,6,12-13H2/t19-/m0/s1. The first-order chi connectivity index (χ1) is 13.2. The second-order valence-electron chi connectivity index (χ2n) is 6.69. The van der Waals surface area contributed by atoms with Crippen LogP contribution in [-0.4, -0.2) is 27.3 Å². The van der Waals surface area contributed by atoms with Crippen LogP contribution in [0, 0.1) is 0 Å². The van der Waals surface area contributed by atoms with Crippen molar-refractivity contribution in [1.29, 1.82) is 0 Å². The van der Waals surface area contributed by atoms with Crippen LogP contribution in [0.2, 0.25) is 5.02 Å².